The number of hydrogen-bond acceptors (Lipinski definition) is 20. The molecular formula is C46H88N6O17. The van der Waals surface area contributed by atoms with Gasteiger partial charge in [-0.25, -0.2) is 0 Å². The Labute approximate surface area is 406 Å². The molecule has 3 fully saturated rings. The zero-order chi connectivity index (χ0) is 50.7. The number of amides is 3. The number of hydrogen-bond donors (Lipinski definition) is 15. The van der Waals surface area contributed by atoms with E-state index >= 15 is 0 Å². The monoisotopic (exact) mass is 997 g/mol. The van der Waals surface area contributed by atoms with Crippen LogP contribution in [-0.4, -0.2) is 219 Å². The van der Waals surface area contributed by atoms with E-state index in [9.17, 15) is 65.4 Å². The van der Waals surface area contributed by atoms with E-state index in [0.717, 1.165) is 12.8 Å². The minimum absolute atomic E-state index is 0.0634. The molecule has 3 saturated heterocycles. The van der Waals surface area contributed by atoms with E-state index in [1.807, 2.05) is 0 Å². The smallest absolute Gasteiger partial charge is 0.237 e. The molecule has 0 spiro atoms. The molecular weight excluding hydrogens is 909 g/mol. The summed E-state index contributed by atoms with van der Waals surface area (Å²) in [5, 5.41) is 112. The van der Waals surface area contributed by atoms with E-state index in [0.29, 0.717) is 129 Å². The summed E-state index contributed by atoms with van der Waals surface area (Å²) in [6.07, 6.45) is -1.23. The SMILES string of the molecule is CC1C(OCCCC[C@H](O)NCCCC[C@@H](N[C@@H](O)CCCCOC2OC(CO)C(O)C(O)C2N)C(=O)NCCCCCC(=O)NCCCCCC(=O)N2C[C@H](O)C[C@H]2CO)OC(CO)C(O)C1O. The quantitative estimate of drug-likeness (QED) is 0.0218. The van der Waals surface area contributed by atoms with Crippen LogP contribution in [0, 0.1) is 5.92 Å². The Bertz CT molecular complexity index is 1410. The summed E-state index contributed by atoms with van der Waals surface area (Å²) in [5.41, 5.74) is 5.94. The average molecular weight is 997 g/mol. The van der Waals surface area contributed by atoms with Crippen molar-refractivity contribution in [2.24, 2.45) is 11.7 Å². The summed E-state index contributed by atoms with van der Waals surface area (Å²) >= 11 is 0. The van der Waals surface area contributed by atoms with Gasteiger partial charge in [-0.2, -0.15) is 0 Å². The maximum Gasteiger partial charge on any atom is 0.237 e. The van der Waals surface area contributed by atoms with Crippen molar-refractivity contribution >= 4 is 17.7 Å². The summed E-state index contributed by atoms with van der Waals surface area (Å²) in [5.74, 6) is -0.895. The number of β-amino-alcohol motifs (C(OH)–C–C–N with tert-alkyl or cyclic N) is 1. The van der Waals surface area contributed by atoms with Crippen molar-refractivity contribution in [2.75, 3.05) is 59.2 Å². The van der Waals surface area contributed by atoms with Gasteiger partial charge in [0.1, 0.15) is 43.0 Å². The van der Waals surface area contributed by atoms with Crippen LogP contribution >= 0.6 is 0 Å². The first kappa shape index (κ1) is 61.0. The number of carbonyl (C=O) groups excluding carboxylic acids is 3. The molecule has 3 aliphatic heterocycles. The fraction of sp³-hybridized carbons (Fsp3) is 0.935. The summed E-state index contributed by atoms with van der Waals surface area (Å²) < 4.78 is 22.5. The summed E-state index contributed by atoms with van der Waals surface area (Å²) in [7, 11) is 0. The first-order valence-electron chi connectivity index (χ1n) is 25.3. The fourth-order valence-corrected chi connectivity index (χ4v) is 8.72. The molecule has 15 atom stereocenters. The van der Waals surface area contributed by atoms with Gasteiger partial charge in [0.15, 0.2) is 12.6 Å². The second-order valence-corrected chi connectivity index (χ2v) is 18.8. The molecule has 3 rings (SSSR count). The number of nitrogens with two attached hydrogens (primary N) is 1. The Hall–Kier alpha value is -2.27. The Kier molecular flexibility index (Phi) is 30.3. The molecule has 3 amide bonds. The van der Waals surface area contributed by atoms with Crippen LogP contribution in [0.5, 0.6) is 0 Å². The molecule has 0 aromatic rings. The molecule has 23 nitrogen and oxygen atoms in total. The van der Waals surface area contributed by atoms with E-state index in [1.165, 1.54) is 0 Å². The van der Waals surface area contributed by atoms with E-state index in [2.05, 4.69) is 21.3 Å². The van der Waals surface area contributed by atoms with Crippen LogP contribution in [-0.2, 0) is 33.3 Å². The van der Waals surface area contributed by atoms with Crippen molar-refractivity contribution in [1.82, 2.24) is 26.2 Å². The first-order valence-corrected chi connectivity index (χ1v) is 25.3. The highest BCUT2D eigenvalue weighted by molar-refractivity contribution is 5.81. The number of carbonyl (C=O) groups is 3. The normalized spacial score (nSPS) is 29.7. The number of aliphatic hydroxyl groups is 10. The van der Waals surface area contributed by atoms with Gasteiger partial charge < -0.3 is 91.3 Å². The van der Waals surface area contributed by atoms with Gasteiger partial charge in [-0.1, -0.05) is 26.2 Å². The third-order valence-electron chi connectivity index (χ3n) is 13.1. The number of unbranched alkanes of at least 4 members (excludes halogenated alkanes) is 7. The van der Waals surface area contributed by atoms with Crippen molar-refractivity contribution in [3.05, 3.63) is 0 Å². The highest BCUT2D eigenvalue weighted by atomic mass is 16.7. The van der Waals surface area contributed by atoms with Gasteiger partial charge in [0.2, 0.25) is 17.7 Å². The number of nitrogens with one attached hydrogen (secondary N) is 4. The van der Waals surface area contributed by atoms with Gasteiger partial charge >= 0.3 is 0 Å². The second kappa shape index (κ2) is 34.2. The number of aliphatic hydroxyl groups excluding tert-OH is 10. The van der Waals surface area contributed by atoms with Crippen LogP contribution in [0.25, 0.3) is 0 Å². The predicted octanol–water partition coefficient (Wildman–Crippen LogP) is -3.14. The van der Waals surface area contributed by atoms with Crippen LogP contribution in [0.2, 0.25) is 0 Å². The molecule has 0 radical (unpaired) electrons. The Morgan fingerprint density at radius 2 is 1.22 bits per heavy atom. The standard InChI is InChI=1S/C46H88N6O17/c1-29-40(61)41(62)33(27-54)68-45(29)66-22-12-7-16-36(58)49-20-11-6-14-32(51-37(59)17-8-13-23-67-46-39(47)43(64)42(63)34(28-55)69-46)44(65)50-21-10-2-4-15-35(57)48-19-9-3-5-18-38(60)52-25-31(56)24-30(52)26-53/h29-34,36-37,39-43,45-46,49,51,53-56,58-59,61-64H,2-28,47H2,1H3,(H,48,57)(H,50,65)/t29?,30-,31+,32+,33?,34?,36-,37-,39?,40?,41?,42?,43?,45?,46?/m0/s1. The second-order valence-electron chi connectivity index (χ2n) is 18.8. The molecule has 3 heterocycles. The largest absolute Gasteiger partial charge is 0.394 e. The highest BCUT2D eigenvalue weighted by Crippen LogP contribution is 2.27. The summed E-state index contributed by atoms with van der Waals surface area (Å²) in [6, 6.07) is -2.05. The number of nitrogens with zero attached hydrogens (tertiary/aromatic N) is 1. The minimum Gasteiger partial charge on any atom is -0.394 e. The van der Waals surface area contributed by atoms with Gasteiger partial charge in [-0.15, -0.1) is 0 Å². The molecule has 0 saturated carbocycles. The molecule has 23 heteroatoms. The highest BCUT2D eigenvalue weighted by Gasteiger charge is 2.44. The Balaban J connectivity index is 1.32. The van der Waals surface area contributed by atoms with Gasteiger partial charge in [-0.05, 0) is 90.0 Å². The topological polar surface area (TPSA) is 368 Å². The van der Waals surface area contributed by atoms with Crippen molar-refractivity contribution in [3.8, 4) is 0 Å². The maximum atomic E-state index is 13.4. The maximum absolute atomic E-state index is 13.4. The van der Waals surface area contributed by atoms with E-state index in [4.69, 9.17) is 24.7 Å². The molecule has 10 unspecified atom stereocenters. The molecule has 3 aliphatic rings. The first-order chi connectivity index (χ1) is 33.1. The zero-order valence-corrected chi connectivity index (χ0v) is 40.6. The van der Waals surface area contributed by atoms with E-state index in [-0.39, 0.29) is 43.5 Å². The van der Waals surface area contributed by atoms with Crippen molar-refractivity contribution < 1.29 is 84.4 Å². The molecule has 0 aromatic carbocycles. The van der Waals surface area contributed by atoms with Crippen LogP contribution in [0.15, 0.2) is 0 Å². The fourth-order valence-electron chi connectivity index (χ4n) is 8.72. The van der Waals surface area contributed by atoms with E-state index in [1.54, 1.807) is 11.8 Å². The lowest BCUT2D eigenvalue weighted by molar-refractivity contribution is -0.282. The predicted molar refractivity (Wildman–Crippen MR) is 249 cm³/mol. The number of ether oxygens (including phenoxy) is 4. The van der Waals surface area contributed by atoms with Crippen LogP contribution in [0.1, 0.15) is 122 Å². The van der Waals surface area contributed by atoms with Gasteiger partial charge in [0, 0.05) is 51.6 Å². The zero-order valence-electron chi connectivity index (χ0n) is 40.6. The van der Waals surface area contributed by atoms with Gasteiger partial charge in [-0.3, -0.25) is 25.0 Å². The summed E-state index contributed by atoms with van der Waals surface area (Å²) in [4.78, 5) is 39.7. The molecule has 0 aromatic heterocycles. The molecule has 69 heavy (non-hydrogen) atoms. The minimum atomic E-state index is -1.34. The Morgan fingerprint density at radius 1 is 0.652 bits per heavy atom. The van der Waals surface area contributed by atoms with Crippen LogP contribution < -0.4 is 27.0 Å². The third-order valence-corrected chi connectivity index (χ3v) is 13.1. The van der Waals surface area contributed by atoms with Crippen molar-refractivity contribution in [2.45, 2.75) is 208 Å². The molecule has 0 bridgehead atoms. The molecule has 404 valence electrons. The van der Waals surface area contributed by atoms with Crippen molar-refractivity contribution in [1.29, 1.82) is 0 Å². The van der Waals surface area contributed by atoms with Crippen LogP contribution in [0.4, 0.5) is 0 Å². The molecule has 16 N–H and O–H groups in total. The van der Waals surface area contributed by atoms with Crippen LogP contribution in [0.3, 0.4) is 0 Å². The lowest BCUT2D eigenvalue weighted by atomic mass is 9.92. The average Bonchev–Trinajstić information content (AvgIpc) is 3.73. The third kappa shape index (κ3) is 22.2. The number of rotatable bonds is 36. The van der Waals surface area contributed by atoms with Crippen molar-refractivity contribution in [3.63, 3.8) is 0 Å². The van der Waals surface area contributed by atoms with Gasteiger partial charge in [0.05, 0.1) is 50.2 Å². The van der Waals surface area contributed by atoms with E-state index < -0.39 is 99.0 Å². The number of likely N-dealkylation sites (tertiary alicyclic amines) is 1. The lowest BCUT2D eigenvalue weighted by Gasteiger charge is -2.40. The molecule has 0 aliphatic carbocycles. The van der Waals surface area contributed by atoms with Gasteiger partial charge in [0.25, 0.3) is 0 Å². The Morgan fingerprint density at radius 3 is 1.87 bits per heavy atom. The summed E-state index contributed by atoms with van der Waals surface area (Å²) in [6.45, 7) is 2.67. The lowest BCUT2D eigenvalue weighted by Crippen LogP contribution is -2.62.